The van der Waals surface area contributed by atoms with Crippen molar-refractivity contribution < 1.29 is 4.74 Å². The summed E-state index contributed by atoms with van der Waals surface area (Å²) >= 11 is 0. The van der Waals surface area contributed by atoms with Crippen molar-refractivity contribution in [1.82, 2.24) is 9.97 Å². The molecule has 2 rings (SSSR count). The Morgan fingerprint density at radius 3 is 2.29 bits per heavy atom. The SMILES string of the molecule is COc1ccc(-c2nc(C)nc(N)c2C)cc1. The van der Waals surface area contributed by atoms with Crippen LogP contribution in [0.2, 0.25) is 0 Å². The summed E-state index contributed by atoms with van der Waals surface area (Å²) in [7, 11) is 1.65. The Labute approximate surface area is 100 Å². The van der Waals surface area contributed by atoms with Crippen molar-refractivity contribution in [1.29, 1.82) is 0 Å². The lowest BCUT2D eigenvalue weighted by Gasteiger charge is -2.09. The van der Waals surface area contributed by atoms with Gasteiger partial charge in [-0.25, -0.2) is 9.97 Å². The second kappa shape index (κ2) is 4.41. The van der Waals surface area contributed by atoms with Crippen molar-refractivity contribution in [2.45, 2.75) is 13.8 Å². The zero-order chi connectivity index (χ0) is 12.4. The minimum atomic E-state index is 0.531. The molecular formula is C13H15N3O. The number of rotatable bonds is 2. The van der Waals surface area contributed by atoms with Gasteiger partial charge in [0.2, 0.25) is 0 Å². The van der Waals surface area contributed by atoms with Crippen molar-refractivity contribution in [3.63, 3.8) is 0 Å². The first-order valence-corrected chi connectivity index (χ1v) is 5.37. The number of anilines is 1. The number of ether oxygens (including phenoxy) is 1. The highest BCUT2D eigenvalue weighted by Crippen LogP contribution is 2.25. The van der Waals surface area contributed by atoms with E-state index < -0.39 is 0 Å². The molecule has 0 atom stereocenters. The molecule has 88 valence electrons. The van der Waals surface area contributed by atoms with Gasteiger partial charge in [0.25, 0.3) is 0 Å². The summed E-state index contributed by atoms with van der Waals surface area (Å²) in [5.74, 6) is 2.03. The van der Waals surface area contributed by atoms with Crippen LogP contribution in [-0.2, 0) is 0 Å². The maximum Gasteiger partial charge on any atom is 0.130 e. The number of nitrogens with two attached hydrogens (primary N) is 1. The van der Waals surface area contributed by atoms with Gasteiger partial charge in [-0.05, 0) is 38.1 Å². The maximum atomic E-state index is 5.84. The lowest BCUT2D eigenvalue weighted by molar-refractivity contribution is 0.415. The predicted molar refractivity (Wildman–Crippen MR) is 67.9 cm³/mol. The molecule has 0 radical (unpaired) electrons. The van der Waals surface area contributed by atoms with Gasteiger partial charge in [-0.1, -0.05) is 0 Å². The summed E-state index contributed by atoms with van der Waals surface area (Å²) in [6.07, 6.45) is 0. The first-order chi connectivity index (χ1) is 8.11. The molecule has 4 nitrogen and oxygen atoms in total. The fraction of sp³-hybridized carbons (Fsp3) is 0.231. The lowest BCUT2D eigenvalue weighted by Crippen LogP contribution is -2.02. The van der Waals surface area contributed by atoms with E-state index in [4.69, 9.17) is 10.5 Å². The molecule has 0 fully saturated rings. The smallest absolute Gasteiger partial charge is 0.130 e. The van der Waals surface area contributed by atoms with Crippen LogP contribution in [0, 0.1) is 13.8 Å². The van der Waals surface area contributed by atoms with Crippen molar-refractivity contribution in [2.75, 3.05) is 12.8 Å². The number of hydrogen-bond acceptors (Lipinski definition) is 4. The van der Waals surface area contributed by atoms with Gasteiger partial charge in [0, 0.05) is 11.1 Å². The summed E-state index contributed by atoms with van der Waals surface area (Å²) in [6, 6.07) is 7.74. The summed E-state index contributed by atoms with van der Waals surface area (Å²) in [5, 5.41) is 0. The first kappa shape index (κ1) is 11.4. The first-order valence-electron chi connectivity index (χ1n) is 5.37. The molecule has 2 aromatic rings. The average Bonchev–Trinajstić information content (AvgIpc) is 2.34. The van der Waals surface area contributed by atoms with Crippen LogP contribution in [-0.4, -0.2) is 17.1 Å². The Balaban J connectivity index is 2.52. The van der Waals surface area contributed by atoms with Crippen LogP contribution in [0.4, 0.5) is 5.82 Å². The van der Waals surface area contributed by atoms with E-state index in [1.54, 1.807) is 7.11 Å². The minimum absolute atomic E-state index is 0.531. The number of methoxy groups -OCH3 is 1. The highest BCUT2D eigenvalue weighted by molar-refractivity contribution is 5.67. The molecule has 17 heavy (non-hydrogen) atoms. The summed E-state index contributed by atoms with van der Waals surface area (Å²) in [4.78, 5) is 8.56. The van der Waals surface area contributed by atoms with Gasteiger partial charge in [-0.15, -0.1) is 0 Å². The fourth-order valence-corrected chi connectivity index (χ4v) is 1.68. The van der Waals surface area contributed by atoms with Crippen molar-refractivity contribution >= 4 is 5.82 Å². The quantitative estimate of drug-likeness (QED) is 0.858. The third kappa shape index (κ3) is 2.20. The number of nitrogens with zero attached hydrogens (tertiary/aromatic N) is 2. The normalized spacial score (nSPS) is 10.3. The Hall–Kier alpha value is -2.10. The topological polar surface area (TPSA) is 61.0 Å². The van der Waals surface area contributed by atoms with Gasteiger partial charge in [0.15, 0.2) is 0 Å². The molecular weight excluding hydrogens is 214 g/mol. The van der Waals surface area contributed by atoms with Crippen LogP contribution in [0.3, 0.4) is 0 Å². The van der Waals surface area contributed by atoms with Crippen LogP contribution in [0.5, 0.6) is 5.75 Å². The van der Waals surface area contributed by atoms with Crippen molar-refractivity contribution in [3.05, 3.63) is 35.7 Å². The van der Waals surface area contributed by atoms with E-state index in [9.17, 15) is 0 Å². The molecule has 1 heterocycles. The van der Waals surface area contributed by atoms with Gasteiger partial charge >= 0.3 is 0 Å². The van der Waals surface area contributed by atoms with E-state index in [2.05, 4.69) is 9.97 Å². The highest BCUT2D eigenvalue weighted by atomic mass is 16.5. The largest absolute Gasteiger partial charge is 0.497 e. The Morgan fingerprint density at radius 1 is 1.06 bits per heavy atom. The van der Waals surface area contributed by atoms with Crippen LogP contribution >= 0.6 is 0 Å². The summed E-state index contributed by atoms with van der Waals surface area (Å²) in [6.45, 7) is 3.76. The summed E-state index contributed by atoms with van der Waals surface area (Å²) < 4.78 is 5.13. The van der Waals surface area contributed by atoms with Crippen LogP contribution in [0.25, 0.3) is 11.3 Å². The lowest BCUT2D eigenvalue weighted by atomic mass is 10.1. The molecule has 0 aliphatic heterocycles. The molecule has 1 aromatic carbocycles. The predicted octanol–water partition coefficient (Wildman–Crippen LogP) is 2.35. The van der Waals surface area contributed by atoms with Crippen molar-refractivity contribution in [2.24, 2.45) is 0 Å². The van der Waals surface area contributed by atoms with Gasteiger partial charge in [0.05, 0.1) is 12.8 Å². The molecule has 0 saturated heterocycles. The second-order valence-corrected chi connectivity index (χ2v) is 3.86. The van der Waals surface area contributed by atoms with E-state index in [0.29, 0.717) is 11.6 Å². The van der Waals surface area contributed by atoms with E-state index in [1.807, 2.05) is 38.1 Å². The van der Waals surface area contributed by atoms with Crippen molar-refractivity contribution in [3.8, 4) is 17.0 Å². The van der Waals surface area contributed by atoms with Gasteiger partial charge in [-0.3, -0.25) is 0 Å². The fourth-order valence-electron chi connectivity index (χ4n) is 1.68. The average molecular weight is 229 g/mol. The molecule has 0 amide bonds. The van der Waals surface area contributed by atoms with Gasteiger partial charge in [0.1, 0.15) is 17.4 Å². The molecule has 0 bridgehead atoms. The zero-order valence-electron chi connectivity index (χ0n) is 10.2. The molecule has 0 aliphatic carbocycles. The molecule has 0 saturated carbocycles. The van der Waals surface area contributed by atoms with E-state index in [-0.39, 0.29) is 0 Å². The molecule has 0 spiro atoms. The van der Waals surface area contributed by atoms with Crippen LogP contribution in [0.15, 0.2) is 24.3 Å². The number of benzene rings is 1. The second-order valence-electron chi connectivity index (χ2n) is 3.86. The molecule has 4 heteroatoms. The summed E-state index contributed by atoms with van der Waals surface area (Å²) in [5.41, 5.74) is 8.63. The van der Waals surface area contributed by atoms with Gasteiger partial charge < -0.3 is 10.5 Å². The standard InChI is InChI=1S/C13H15N3O/c1-8-12(15-9(2)16-13(8)14)10-4-6-11(17-3)7-5-10/h4-7H,1-3H3,(H2,14,15,16). The number of aryl methyl sites for hydroxylation is 1. The Morgan fingerprint density at radius 2 is 1.71 bits per heavy atom. The monoisotopic (exact) mass is 229 g/mol. The number of nitrogen functional groups attached to an aromatic ring is 1. The van der Waals surface area contributed by atoms with Crippen LogP contribution in [0.1, 0.15) is 11.4 Å². The molecule has 0 unspecified atom stereocenters. The minimum Gasteiger partial charge on any atom is -0.497 e. The molecule has 0 aliphatic rings. The zero-order valence-corrected chi connectivity index (χ0v) is 10.2. The molecule has 2 N–H and O–H groups in total. The number of aromatic nitrogens is 2. The maximum absolute atomic E-state index is 5.84. The van der Waals surface area contributed by atoms with E-state index in [0.717, 1.165) is 22.6 Å². The third-order valence-corrected chi connectivity index (χ3v) is 2.66. The van der Waals surface area contributed by atoms with Gasteiger partial charge in [-0.2, -0.15) is 0 Å². The molecule has 1 aromatic heterocycles. The highest BCUT2D eigenvalue weighted by Gasteiger charge is 2.08. The Kier molecular flexibility index (Phi) is 2.95. The Bertz CT molecular complexity index is 535. The van der Waals surface area contributed by atoms with E-state index in [1.165, 1.54) is 0 Å². The van der Waals surface area contributed by atoms with Crippen LogP contribution < -0.4 is 10.5 Å². The third-order valence-electron chi connectivity index (χ3n) is 2.66. The number of hydrogen-bond donors (Lipinski definition) is 1. The van der Waals surface area contributed by atoms with E-state index >= 15 is 0 Å².